The van der Waals surface area contributed by atoms with Gasteiger partial charge in [0.15, 0.2) is 5.75 Å². The topological polar surface area (TPSA) is 62.2 Å². The molecule has 0 fully saturated rings. The highest BCUT2D eigenvalue weighted by atomic mass is 16.3. The summed E-state index contributed by atoms with van der Waals surface area (Å²) < 4.78 is 0. The minimum absolute atomic E-state index is 0. The van der Waals surface area contributed by atoms with Crippen molar-refractivity contribution in [2.24, 2.45) is 0 Å². The first-order valence-corrected chi connectivity index (χ1v) is 7.43. The maximum Gasteiger partial charge on any atom is 0.259 e. The van der Waals surface area contributed by atoms with Crippen LogP contribution in [-0.2, 0) is 0 Å². The van der Waals surface area contributed by atoms with Gasteiger partial charge in [0.25, 0.3) is 5.91 Å². The first kappa shape index (κ1) is 17.5. The number of nitrogens with zero attached hydrogens (tertiary/aromatic N) is 1. The van der Waals surface area contributed by atoms with Crippen molar-refractivity contribution in [2.45, 2.75) is 28.2 Å². The molecule has 4 nitrogen and oxygen atoms in total. The highest BCUT2D eigenvalue weighted by Crippen LogP contribution is 2.29. The standard InChI is InChI=1S/C19H18N2O2.CH4/c1-11-9-12(2)16(13(3)10-11)21-19(23)15-7-6-14-5-4-8-20-17(14)18(15)22;/h4-10,22H,1-3H3,(H,21,23);1H4. The van der Waals surface area contributed by atoms with Crippen LogP contribution in [0.25, 0.3) is 10.9 Å². The molecule has 2 N–H and O–H groups in total. The van der Waals surface area contributed by atoms with E-state index in [0.29, 0.717) is 5.52 Å². The van der Waals surface area contributed by atoms with Crippen molar-refractivity contribution < 1.29 is 9.90 Å². The number of hydrogen-bond acceptors (Lipinski definition) is 3. The number of anilines is 1. The van der Waals surface area contributed by atoms with Gasteiger partial charge < -0.3 is 10.4 Å². The molecule has 0 atom stereocenters. The maximum absolute atomic E-state index is 12.6. The average molecular weight is 322 g/mol. The fraction of sp³-hybridized carbons (Fsp3) is 0.200. The summed E-state index contributed by atoms with van der Waals surface area (Å²) in [4.78, 5) is 16.7. The maximum atomic E-state index is 12.6. The number of amides is 1. The molecule has 3 aromatic rings. The number of aromatic hydroxyl groups is 1. The Morgan fingerprint density at radius 3 is 2.42 bits per heavy atom. The van der Waals surface area contributed by atoms with Crippen LogP contribution in [0.5, 0.6) is 5.75 Å². The van der Waals surface area contributed by atoms with Gasteiger partial charge in [0.2, 0.25) is 0 Å². The molecular weight excluding hydrogens is 300 g/mol. The second-order valence-corrected chi connectivity index (χ2v) is 5.76. The van der Waals surface area contributed by atoms with Gasteiger partial charge in [-0.3, -0.25) is 9.78 Å². The molecule has 2 aromatic carbocycles. The third kappa shape index (κ3) is 3.08. The van der Waals surface area contributed by atoms with E-state index in [-0.39, 0.29) is 24.6 Å². The number of aryl methyl sites for hydroxylation is 3. The van der Waals surface area contributed by atoms with Crippen LogP contribution in [0.4, 0.5) is 5.69 Å². The van der Waals surface area contributed by atoms with Crippen LogP contribution in [-0.4, -0.2) is 16.0 Å². The Morgan fingerprint density at radius 1 is 1.08 bits per heavy atom. The predicted octanol–water partition coefficient (Wildman–Crippen LogP) is 4.75. The fourth-order valence-corrected chi connectivity index (χ4v) is 2.87. The van der Waals surface area contributed by atoms with E-state index in [0.717, 1.165) is 27.8 Å². The van der Waals surface area contributed by atoms with Crippen molar-refractivity contribution >= 4 is 22.5 Å². The number of aromatic nitrogens is 1. The largest absolute Gasteiger partial charge is 0.505 e. The van der Waals surface area contributed by atoms with Crippen molar-refractivity contribution in [1.29, 1.82) is 0 Å². The summed E-state index contributed by atoms with van der Waals surface area (Å²) in [7, 11) is 0. The summed E-state index contributed by atoms with van der Waals surface area (Å²) in [6.07, 6.45) is 1.60. The van der Waals surface area contributed by atoms with Crippen molar-refractivity contribution in [3.8, 4) is 5.75 Å². The Labute approximate surface area is 142 Å². The molecule has 0 bridgehead atoms. The van der Waals surface area contributed by atoms with Crippen molar-refractivity contribution in [3.63, 3.8) is 0 Å². The van der Waals surface area contributed by atoms with E-state index < -0.39 is 0 Å². The zero-order chi connectivity index (χ0) is 16.6. The second-order valence-electron chi connectivity index (χ2n) is 5.76. The van der Waals surface area contributed by atoms with Gasteiger partial charge >= 0.3 is 0 Å². The Kier molecular flexibility index (Phi) is 4.88. The van der Waals surface area contributed by atoms with Gasteiger partial charge in [-0.15, -0.1) is 0 Å². The number of rotatable bonds is 2. The Balaban J connectivity index is 0.00000208. The van der Waals surface area contributed by atoms with Gasteiger partial charge in [-0.25, -0.2) is 0 Å². The number of carbonyl (C=O) groups excluding carboxylic acids is 1. The van der Waals surface area contributed by atoms with Gasteiger partial charge in [0, 0.05) is 17.3 Å². The van der Waals surface area contributed by atoms with Crippen molar-refractivity contribution in [1.82, 2.24) is 4.98 Å². The van der Waals surface area contributed by atoms with Crippen molar-refractivity contribution in [3.05, 3.63) is 64.8 Å². The van der Waals surface area contributed by atoms with Gasteiger partial charge in [0.1, 0.15) is 5.52 Å². The molecule has 0 aliphatic carbocycles. The lowest BCUT2D eigenvalue weighted by molar-refractivity contribution is 0.102. The molecule has 0 aliphatic rings. The number of nitrogens with one attached hydrogen (secondary N) is 1. The summed E-state index contributed by atoms with van der Waals surface area (Å²) >= 11 is 0. The van der Waals surface area contributed by atoms with E-state index >= 15 is 0 Å². The van der Waals surface area contributed by atoms with E-state index in [4.69, 9.17) is 0 Å². The van der Waals surface area contributed by atoms with Gasteiger partial charge in [0.05, 0.1) is 5.56 Å². The number of benzene rings is 2. The number of phenols is 1. The third-order valence-corrected chi connectivity index (χ3v) is 3.91. The monoisotopic (exact) mass is 322 g/mol. The molecule has 0 spiro atoms. The summed E-state index contributed by atoms with van der Waals surface area (Å²) in [6.45, 7) is 5.93. The zero-order valence-corrected chi connectivity index (χ0v) is 13.3. The number of phenolic OH excluding ortho intramolecular Hbond substituents is 1. The quantitative estimate of drug-likeness (QED) is 0.715. The fourth-order valence-electron chi connectivity index (χ4n) is 2.87. The van der Waals surface area contributed by atoms with E-state index in [9.17, 15) is 9.90 Å². The number of fused-ring (bicyclic) bond motifs is 1. The number of hydrogen-bond donors (Lipinski definition) is 2. The molecule has 3 rings (SSSR count). The molecular formula is C20H22N2O2. The van der Waals surface area contributed by atoms with E-state index in [1.54, 1.807) is 24.4 Å². The van der Waals surface area contributed by atoms with Crippen LogP contribution in [0.1, 0.15) is 34.5 Å². The molecule has 1 amide bonds. The number of pyridine rings is 1. The molecule has 4 heteroatoms. The number of carbonyl (C=O) groups is 1. The Morgan fingerprint density at radius 2 is 1.75 bits per heavy atom. The van der Waals surface area contributed by atoms with Crippen LogP contribution in [0.3, 0.4) is 0 Å². The molecule has 0 unspecified atom stereocenters. The van der Waals surface area contributed by atoms with Gasteiger partial charge in [-0.05, 0) is 44.0 Å². The van der Waals surface area contributed by atoms with E-state index in [1.165, 1.54) is 0 Å². The Bertz CT molecular complexity index is 894. The summed E-state index contributed by atoms with van der Waals surface area (Å²) in [5.41, 5.74) is 4.56. The molecule has 0 saturated heterocycles. The van der Waals surface area contributed by atoms with Crippen LogP contribution >= 0.6 is 0 Å². The average Bonchev–Trinajstić information content (AvgIpc) is 2.51. The normalized spacial score (nSPS) is 10.3. The lowest BCUT2D eigenvalue weighted by Gasteiger charge is -2.14. The summed E-state index contributed by atoms with van der Waals surface area (Å²) in [6, 6.07) is 11.1. The first-order valence-electron chi connectivity index (χ1n) is 7.43. The predicted molar refractivity (Wildman–Crippen MR) is 98.7 cm³/mol. The van der Waals surface area contributed by atoms with Gasteiger partial charge in [-0.1, -0.05) is 37.3 Å². The second kappa shape index (κ2) is 6.71. The first-order chi connectivity index (χ1) is 11.0. The lowest BCUT2D eigenvalue weighted by atomic mass is 10.0. The summed E-state index contributed by atoms with van der Waals surface area (Å²) in [5.74, 6) is -0.437. The third-order valence-electron chi connectivity index (χ3n) is 3.91. The highest BCUT2D eigenvalue weighted by molar-refractivity contribution is 6.09. The highest BCUT2D eigenvalue weighted by Gasteiger charge is 2.16. The zero-order valence-electron chi connectivity index (χ0n) is 13.3. The smallest absolute Gasteiger partial charge is 0.259 e. The van der Waals surface area contributed by atoms with Crippen LogP contribution < -0.4 is 5.32 Å². The molecule has 1 aromatic heterocycles. The lowest BCUT2D eigenvalue weighted by Crippen LogP contribution is -2.14. The molecule has 124 valence electrons. The minimum atomic E-state index is -0.342. The molecule has 24 heavy (non-hydrogen) atoms. The van der Waals surface area contributed by atoms with Gasteiger partial charge in [-0.2, -0.15) is 0 Å². The minimum Gasteiger partial charge on any atom is -0.505 e. The van der Waals surface area contributed by atoms with E-state index in [1.807, 2.05) is 39.0 Å². The molecule has 1 heterocycles. The van der Waals surface area contributed by atoms with Crippen LogP contribution in [0, 0.1) is 20.8 Å². The molecule has 0 saturated carbocycles. The van der Waals surface area contributed by atoms with Crippen LogP contribution in [0.2, 0.25) is 0 Å². The SMILES string of the molecule is C.Cc1cc(C)c(NC(=O)c2ccc3cccnc3c2O)c(C)c1. The van der Waals surface area contributed by atoms with E-state index in [2.05, 4.69) is 10.3 Å². The van der Waals surface area contributed by atoms with Crippen LogP contribution in [0.15, 0.2) is 42.6 Å². The molecule has 0 aliphatic heterocycles. The van der Waals surface area contributed by atoms with Crippen molar-refractivity contribution in [2.75, 3.05) is 5.32 Å². The summed E-state index contributed by atoms with van der Waals surface area (Å²) in [5, 5.41) is 14.1. The molecule has 0 radical (unpaired) electrons. The Hall–Kier alpha value is -2.88.